The number of aliphatic hydroxyl groups excluding tert-OH is 2. The Morgan fingerprint density at radius 3 is 1.50 bits per heavy atom. The van der Waals surface area contributed by atoms with Crippen LogP contribution >= 0.6 is 0 Å². The first-order chi connectivity index (χ1) is 8.63. The summed E-state index contributed by atoms with van der Waals surface area (Å²) in [4.78, 5) is 4.96. The molecule has 18 heavy (non-hydrogen) atoms. The second-order valence-electron chi connectivity index (χ2n) is 6.17. The van der Waals surface area contributed by atoms with E-state index in [1.54, 1.807) is 0 Å². The number of hydrogen-bond acceptors (Lipinski definition) is 4. The number of rotatable bonds is 4. The molecule has 2 rings (SSSR count). The van der Waals surface area contributed by atoms with Crippen LogP contribution in [0.4, 0.5) is 0 Å². The van der Waals surface area contributed by atoms with Crippen molar-refractivity contribution in [3.63, 3.8) is 0 Å². The summed E-state index contributed by atoms with van der Waals surface area (Å²) in [6.07, 6.45) is 3.59. The van der Waals surface area contributed by atoms with Crippen molar-refractivity contribution in [2.45, 2.75) is 44.8 Å². The van der Waals surface area contributed by atoms with E-state index in [1.165, 1.54) is 0 Å². The fourth-order valence-electron chi connectivity index (χ4n) is 3.14. The maximum atomic E-state index is 9.49. The fourth-order valence-corrected chi connectivity index (χ4v) is 3.14. The van der Waals surface area contributed by atoms with Crippen LogP contribution in [0.5, 0.6) is 0 Å². The van der Waals surface area contributed by atoms with Crippen molar-refractivity contribution in [1.29, 1.82) is 0 Å². The van der Waals surface area contributed by atoms with Gasteiger partial charge in [-0.2, -0.15) is 0 Å². The molecule has 0 aromatic carbocycles. The predicted molar refractivity (Wildman–Crippen MR) is 72.5 cm³/mol. The summed E-state index contributed by atoms with van der Waals surface area (Å²) in [5.74, 6) is 0.676. The maximum Gasteiger partial charge on any atom is 0.0564 e. The Hall–Kier alpha value is -0.160. The van der Waals surface area contributed by atoms with Gasteiger partial charge < -0.3 is 20.0 Å². The highest BCUT2D eigenvalue weighted by atomic mass is 16.3. The highest BCUT2D eigenvalue weighted by molar-refractivity contribution is 4.76. The van der Waals surface area contributed by atoms with Crippen LogP contribution in [0, 0.1) is 5.92 Å². The lowest BCUT2D eigenvalue weighted by molar-refractivity contribution is 0.0577. The third-order valence-electron chi connectivity index (χ3n) is 4.25. The second-order valence-corrected chi connectivity index (χ2v) is 6.17. The molecule has 2 N–H and O–H groups in total. The summed E-state index contributed by atoms with van der Waals surface area (Å²) in [6.45, 7) is 8.79. The van der Waals surface area contributed by atoms with E-state index in [9.17, 15) is 10.2 Å². The molecule has 0 radical (unpaired) electrons. The van der Waals surface area contributed by atoms with Gasteiger partial charge >= 0.3 is 0 Å². The van der Waals surface area contributed by atoms with E-state index < -0.39 is 0 Å². The lowest BCUT2D eigenvalue weighted by Gasteiger charge is -2.35. The van der Waals surface area contributed by atoms with Crippen LogP contribution in [-0.4, -0.2) is 71.5 Å². The third kappa shape index (κ3) is 4.50. The molecule has 0 aromatic heterocycles. The van der Waals surface area contributed by atoms with E-state index in [-0.39, 0.29) is 12.2 Å². The van der Waals surface area contributed by atoms with Gasteiger partial charge in [-0.15, -0.1) is 0 Å². The first-order valence-electron chi connectivity index (χ1n) is 7.44. The number of likely N-dealkylation sites (tertiary alicyclic amines) is 2. The summed E-state index contributed by atoms with van der Waals surface area (Å²) in [5, 5.41) is 19.0. The van der Waals surface area contributed by atoms with E-state index >= 15 is 0 Å². The van der Waals surface area contributed by atoms with E-state index in [0.717, 1.165) is 65.0 Å². The monoisotopic (exact) mass is 256 g/mol. The van der Waals surface area contributed by atoms with Crippen LogP contribution < -0.4 is 0 Å². The predicted octanol–water partition coefficient (Wildman–Crippen LogP) is 0.536. The largest absolute Gasteiger partial charge is 0.393 e. The zero-order valence-electron chi connectivity index (χ0n) is 11.6. The molecule has 0 spiro atoms. The minimum atomic E-state index is -0.0693. The van der Waals surface area contributed by atoms with Crippen molar-refractivity contribution in [2.24, 2.45) is 5.92 Å². The zero-order valence-corrected chi connectivity index (χ0v) is 11.6. The molecule has 2 fully saturated rings. The van der Waals surface area contributed by atoms with Gasteiger partial charge in [-0.1, -0.05) is 6.92 Å². The molecule has 0 saturated carbocycles. The van der Waals surface area contributed by atoms with Crippen molar-refractivity contribution in [2.75, 3.05) is 39.3 Å². The second kappa shape index (κ2) is 6.85. The Labute approximate surface area is 111 Å². The minimum Gasteiger partial charge on any atom is -0.393 e. The van der Waals surface area contributed by atoms with Gasteiger partial charge in [0.2, 0.25) is 0 Å². The molecule has 2 aliphatic heterocycles. The standard InChI is InChI=1S/C14H28N2O2/c1-12(10-15-6-2-13(17)3-7-15)11-16-8-4-14(18)5-9-16/h12-14,17-18H,2-11H2,1H3. The molecule has 0 amide bonds. The van der Waals surface area contributed by atoms with E-state index in [1.807, 2.05) is 0 Å². The molecule has 2 aliphatic rings. The molecule has 106 valence electrons. The Morgan fingerprint density at radius 1 is 0.833 bits per heavy atom. The molecule has 2 saturated heterocycles. The highest BCUT2D eigenvalue weighted by Gasteiger charge is 2.21. The van der Waals surface area contributed by atoms with Gasteiger partial charge in [-0.05, 0) is 31.6 Å². The fraction of sp³-hybridized carbons (Fsp3) is 1.00. The van der Waals surface area contributed by atoms with Crippen LogP contribution in [0.25, 0.3) is 0 Å². The molecule has 0 aliphatic carbocycles. The smallest absolute Gasteiger partial charge is 0.0564 e. The summed E-state index contributed by atoms with van der Waals surface area (Å²) in [7, 11) is 0. The van der Waals surface area contributed by atoms with Gasteiger partial charge in [-0.25, -0.2) is 0 Å². The number of hydrogen-bond donors (Lipinski definition) is 2. The maximum absolute atomic E-state index is 9.49. The Balaban J connectivity index is 1.64. The van der Waals surface area contributed by atoms with Gasteiger partial charge in [-0.3, -0.25) is 0 Å². The normalized spacial score (nSPS) is 26.0. The summed E-state index contributed by atoms with van der Waals surface area (Å²) in [5.41, 5.74) is 0. The Kier molecular flexibility index (Phi) is 5.42. The number of nitrogens with zero attached hydrogens (tertiary/aromatic N) is 2. The average Bonchev–Trinajstić information content (AvgIpc) is 2.35. The number of aliphatic hydroxyl groups is 2. The lowest BCUT2D eigenvalue weighted by Crippen LogP contribution is -2.43. The zero-order chi connectivity index (χ0) is 13.0. The molecule has 0 bridgehead atoms. The van der Waals surface area contributed by atoms with Crippen molar-refractivity contribution in [1.82, 2.24) is 9.80 Å². The topological polar surface area (TPSA) is 46.9 Å². The van der Waals surface area contributed by atoms with Crippen molar-refractivity contribution < 1.29 is 10.2 Å². The molecular weight excluding hydrogens is 228 g/mol. The lowest BCUT2D eigenvalue weighted by atomic mass is 10.0. The quantitative estimate of drug-likeness (QED) is 0.770. The van der Waals surface area contributed by atoms with E-state index in [4.69, 9.17) is 0 Å². The van der Waals surface area contributed by atoms with Crippen LogP contribution in [0.2, 0.25) is 0 Å². The minimum absolute atomic E-state index is 0.0693. The summed E-state index contributed by atoms with van der Waals surface area (Å²) < 4.78 is 0. The molecule has 0 atom stereocenters. The Bertz CT molecular complexity index is 210. The van der Waals surface area contributed by atoms with Crippen molar-refractivity contribution in [3.8, 4) is 0 Å². The van der Waals surface area contributed by atoms with Crippen LogP contribution in [0.3, 0.4) is 0 Å². The Morgan fingerprint density at radius 2 is 1.17 bits per heavy atom. The first kappa shape index (κ1) is 14.3. The summed E-state index contributed by atoms with van der Waals surface area (Å²) >= 11 is 0. The first-order valence-corrected chi connectivity index (χ1v) is 7.44. The average molecular weight is 256 g/mol. The molecule has 4 heteroatoms. The van der Waals surface area contributed by atoms with E-state index in [2.05, 4.69) is 16.7 Å². The number of piperidine rings is 2. The van der Waals surface area contributed by atoms with Crippen molar-refractivity contribution >= 4 is 0 Å². The summed E-state index contributed by atoms with van der Waals surface area (Å²) in [6, 6.07) is 0. The van der Waals surface area contributed by atoms with E-state index in [0.29, 0.717) is 5.92 Å². The molecule has 0 unspecified atom stereocenters. The molecule has 0 aromatic rings. The van der Waals surface area contributed by atoms with Gasteiger partial charge in [0.15, 0.2) is 0 Å². The highest BCUT2D eigenvalue weighted by Crippen LogP contribution is 2.15. The van der Waals surface area contributed by atoms with Crippen LogP contribution in [-0.2, 0) is 0 Å². The third-order valence-corrected chi connectivity index (χ3v) is 4.25. The van der Waals surface area contributed by atoms with Crippen molar-refractivity contribution in [3.05, 3.63) is 0 Å². The van der Waals surface area contributed by atoms with Gasteiger partial charge in [0, 0.05) is 39.3 Å². The van der Waals surface area contributed by atoms with Crippen LogP contribution in [0.1, 0.15) is 32.6 Å². The van der Waals surface area contributed by atoms with Crippen LogP contribution in [0.15, 0.2) is 0 Å². The SMILES string of the molecule is CC(CN1CCC(O)CC1)CN1CCC(O)CC1. The van der Waals surface area contributed by atoms with Gasteiger partial charge in [0.1, 0.15) is 0 Å². The molecule has 2 heterocycles. The molecular formula is C14H28N2O2. The molecule has 4 nitrogen and oxygen atoms in total. The van der Waals surface area contributed by atoms with Gasteiger partial charge in [0.25, 0.3) is 0 Å². The van der Waals surface area contributed by atoms with Gasteiger partial charge in [0.05, 0.1) is 12.2 Å².